The van der Waals surface area contributed by atoms with Gasteiger partial charge >= 0.3 is 0 Å². The van der Waals surface area contributed by atoms with Crippen LogP contribution in [0.4, 0.5) is 58.2 Å². The zero-order chi connectivity index (χ0) is 99.4. The Morgan fingerprint density at radius 1 is 0.291 bits per heavy atom. The molecule has 10 aliphatic heterocycles. The smallest absolute Gasteiger partial charge is 0.281 e. The van der Waals surface area contributed by atoms with E-state index in [1.165, 1.54) is 34.3 Å². The zero-order valence-corrected chi connectivity index (χ0v) is 81.1. The quantitative estimate of drug-likeness (QED) is 0.0809. The number of aromatic nitrogens is 10. The van der Waals surface area contributed by atoms with Gasteiger partial charge in [-0.2, -0.15) is 0 Å². The van der Waals surface area contributed by atoms with Crippen molar-refractivity contribution in [1.29, 1.82) is 0 Å². The Labute approximate surface area is 829 Å². The van der Waals surface area contributed by atoms with Crippen molar-refractivity contribution in [2.24, 2.45) is 51.0 Å². The SMILES string of the molecule is C.CC(C)N1C(=O)/C(=N\N=C2/C(=O)N(C)c3ncccc32)c2cccnc21.CCN1C(=O)/C(=N\N=C2/C(=O)N(C)c3nc(Br)ccc32)c2cc(C)cnc21.CCN1C(=O)/C(=N\N=C2/C(=O)N(C)c3nc(Cl)ccc32)c2cc(C)cnc21.CCN1C(=O)/C(=N\N=C2/C(=O)N(C)c3ncc(C)cc32)c2ccc(Cl)nc21.CCN1C(=O)/C(=N\N=C2/C(=O)N(Cc3ccccc3)c3ncc(C)cc32)c2ccc(Cl)nc21. The lowest BCUT2D eigenvalue weighted by Crippen LogP contribution is -2.36. The molecule has 11 aromatic rings. The first-order valence-electron chi connectivity index (χ1n) is 43.6. The van der Waals surface area contributed by atoms with E-state index in [4.69, 9.17) is 34.8 Å². The Bertz CT molecular complexity index is 7400. The maximum atomic E-state index is 13.3. The van der Waals surface area contributed by atoms with Gasteiger partial charge in [-0.15, -0.1) is 51.0 Å². The number of rotatable bonds is 12. The van der Waals surface area contributed by atoms with Gasteiger partial charge in [-0.25, -0.2) is 49.8 Å². The number of nitrogens with zero attached hydrogens (tertiary/aromatic N) is 30. The number of hydrogen-bond donors (Lipinski definition) is 0. The molecule has 710 valence electrons. The maximum Gasteiger partial charge on any atom is 0.281 e. The molecule has 0 atom stereocenters. The normalized spacial score (nSPS) is 18.3. The van der Waals surface area contributed by atoms with Crippen molar-refractivity contribution in [2.75, 3.05) is 103 Å². The molecule has 0 spiro atoms. The minimum atomic E-state index is -0.357. The standard InChI is InChI=1S/C24H19ClN6O2.C18H15BrN6O2.2C18H15ClN6O2.C18H16N6O2.CH4/c1-3-30-22-16(9-10-18(25)27-22)19(23(30)32)28-29-20-17-11-14(2)12-26-21(17)31(24(20)33)13-15-7-5-4-6-8-15;1-4-25-15-11(7-9(2)8-20-15)14(18(25)27)23-22-13-10-5-6-12(19)21-16(10)24(3)17(13)26;1-4-25-16-10(5-6-12(19)21-16)13(18(25)27)22-23-14-11-7-9(2)8-20-15(11)24(3)17(14)26;1-4-25-15-11(7-9(2)8-20-15)14(18(25)27)23-22-13-10-5-6-12(19)21-16(10)24(3)17(13)26;1-10(2)24-16-12(7-5-9-20-16)14(18(24)26)22-21-13-11-6-4-8-19-15(11)23(3)17(13)25;/h4-12H,3,13H2,1-2H3;3*5-8H,4H2,1-3H3;4-10H,1-3H3;1H4/b28-19-,29-20-;3*22-13-,23-14-;21-13-,22-14-;. The van der Waals surface area contributed by atoms with Crippen LogP contribution in [0.15, 0.2) is 220 Å². The lowest BCUT2D eigenvalue weighted by Gasteiger charge is -2.19. The maximum absolute atomic E-state index is 13.3. The highest BCUT2D eigenvalue weighted by molar-refractivity contribution is 9.10. The van der Waals surface area contributed by atoms with E-state index < -0.39 is 0 Å². The van der Waals surface area contributed by atoms with Gasteiger partial charge in [-0.1, -0.05) is 72.6 Å². The molecule has 0 radical (unpaired) electrons. The average Bonchev–Trinajstić information content (AvgIpc) is 1.61. The summed E-state index contributed by atoms with van der Waals surface area (Å²) in [5.41, 5.74) is 11.9. The number of halogens is 4. The monoisotopic (exact) mass is 2010 g/mol. The van der Waals surface area contributed by atoms with Crippen molar-refractivity contribution in [2.45, 2.75) is 89.3 Å². The van der Waals surface area contributed by atoms with Crippen molar-refractivity contribution < 1.29 is 47.9 Å². The highest BCUT2D eigenvalue weighted by Crippen LogP contribution is 2.39. The Morgan fingerprint density at radius 2 is 0.560 bits per heavy atom. The largest absolute Gasteiger partial charge is 0.294 e. The number of likely N-dealkylation sites (N-methyl/N-ethyl adjacent to an activating group) is 8. The number of amides is 10. The summed E-state index contributed by atoms with van der Waals surface area (Å²) in [6.07, 6.45) is 10.0. The molecule has 0 unspecified atom stereocenters. The molecule has 10 amide bonds. The van der Waals surface area contributed by atoms with Gasteiger partial charge in [0.15, 0.2) is 57.1 Å². The predicted molar refractivity (Wildman–Crippen MR) is 542 cm³/mol. The van der Waals surface area contributed by atoms with Crippen molar-refractivity contribution >= 4 is 225 Å². The predicted octanol–water partition coefficient (Wildman–Crippen LogP) is 11.6. The van der Waals surface area contributed by atoms with Gasteiger partial charge in [0.05, 0.1) is 62.2 Å². The Morgan fingerprint density at radius 3 is 0.943 bits per heavy atom. The van der Waals surface area contributed by atoms with Gasteiger partial charge in [-0.3, -0.25) is 96.9 Å². The summed E-state index contributed by atoms with van der Waals surface area (Å²) in [5, 5.41) is 42.4. The summed E-state index contributed by atoms with van der Waals surface area (Å²) < 4.78 is 0.619. The summed E-state index contributed by atoms with van der Waals surface area (Å²) in [6.45, 7) is 20.9. The number of fused-ring (bicyclic) bond motifs is 10. The van der Waals surface area contributed by atoms with Gasteiger partial charge in [0.2, 0.25) is 0 Å². The molecule has 0 aliphatic carbocycles. The summed E-state index contributed by atoms with van der Waals surface area (Å²) in [6, 6.07) is 37.3. The molecule has 0 bridgehead atoms. The molecular formula is C97H84BrCl3N30O10. The third-order valence-electron chi connectivity index (χ3n) is 23.2. The van der Waals surface area contributed by atoms with Crippen LogP contribution in [0.5, 0.6) is 0 Å². The highest BCUT2D eigenvalue weighted by Gasteiger charge is 2.45. The van der Waals surface area contributed by atoms with E-state index in [9.17, 15) is 47.9 Å². The van der Waals surface area contributed by atoms with E-state index >= 15 is 0 Å². The molecule has 21 rings (SSSR count). The van der Waals surface area contributed by atoms with Gasteiger partial charge < -0.3 is 0 Å². The average molecular weight is 2020 g/mol. The fourth-order valence-corrected chi connectivity index (χ4v) is 17.1. The molecular weight excluding hydrogens is 1930 g/mol. The van der Waals surface area contributed by atoms with Gasteiger partial charge in [-0.05, 0) is 210 Å². The zero-order valence-electron chi connectivity index (χ0n) is 77.2. The molecule has 44 heteroatoms. The van der Waals surface area contributed by atoms with E-state index in [0.717, 1.165) is 27.8 Å². The summed E-state index contributed by atoms with van der Waals surface area (Å²) >= 11 is 21.2. The van der Waals surface area contributed by atoms with Crippen molar-refractivity contribution in [3.8, 4) is 0 Å². The number of aryl methyl sites for hydroxylation is 4. The van der Waals surface area contributed by atoms with Crippen LogP contribution in [0.3, 0.4) is 0 Å². The van der Waals surface area contributed by atoms with Crippen LogP contribution in [0, 0.1) is 27.7 Å². The van der Waals surface area contributed by atoms with E-state index in [2.05, 4.69) is 117 Å². The fraction of sp³-hybridized carbons (Fsp3) is 0.216. The second kappa shape index (κ2) is 39.9. The van der Waals surface area contributed by atoms with E-state index in [1.807, 2.05) is 124 Å². The third-order valence-corrected chi connectivity index (χ3v) is 24.3. The van der Waals surface area contributed by atoms with Crippen LogP contribution < -0.4 is 49.0 Å². The number of pyridine rings is 10. The first-order valence-corrected chi connectivity index (χ1v) is 45.5. The minimum Gasteiger partial charge on any atom is -0.294 e. The second-order valence-corrected chi connectivity index (χ2v) is 34.6. The van der Waals surface area contributed by atoms with Crippen LogP contribution in [-0.4, -0.2) is 226 Å². The number of benzene rings is 1. The lowest BCUT2D eigenvalue weighted by molar-refractivity contribution is -0.113. The molecule has 1 aromatic carbocycles. The Kier molecular flexibility index (Phi) is 27.6. The third kappa shape index (κ3) is 18.0. The first-order chi connectivity index (χ1) is 67.2. The summed E-state index contributed by atoms with van der Waals surface area (Å²) in [5.74, 6) is 1.93. The van der Waals surface area contributed by atoms with Crippen molar-refractivity contribution in [3.05, 3.63) is 268 Å². The first kappa shape index (κ1) is 97.5. The summed E-state index contributed by atoms with van der Waals surface area (Å²) in [4.78, 5) is 185. The van der Waals surface area contributed by atoms with E-state index in [0.29, 0.717) is 151 Å². The van der Waals surface area contributed by atoms with Crippen LogP contribution in [0.1, 0.15) is 132 Å². The number of hydrogen-bond acceptors (Lipinski definition) is 30. The van der Waals surface area contributed by atoms with Crippen molar-refractivity contribution in [3.63, 3.8) is 0 Å². The van der Waals surface area contributed by atoms with Gasteiger partial charge in [0, 0.05) is 97.6 Å². The van der Waals surface area contributed by atoms with Crippen molar-refractivity contribution in [1.82, 2.24) is 49.8 Å². The molecule has 0 fully saturated rings. The number of anilines is 10. The molecule has 40 nitrogen and oxygen atoms in total. The topological polar surface area (TPSA) is 456 Å². The van der Waals surface area contributed by atoms with Crippen LogP contribution in [-0.2, 0) is 54.5 Å². The van der Waals surface area contributed by atoms with Gasteiger partial charge in [0.25, 0.3) is 59.1 Å². The molecule has 10 aliphatic rings. The molecule has 141 heavy (non-hydrogen) atoms. The molecule has 0 saturated heterocycles. The number of carbonyl (C=O) groups excluding carboxylic acids is 10. The number of carbonyl (C=O) groups is 10. The van der Waals surface area contributed by atoms with Gasteiger partial charge in [0.1, 0.15) is 78.2 Å². The van der Waals surface area contributed by atoms with Crippen LogP contribution in [0.25, 0.3) is 0 Å². The van der Waals surface area contributed by atoms with E-state index in [1.54, 1.807) is 153 Å². The molecule has 20 heterocycles. The Balaban J connectivity index is 0.000000127. The Hall–Kier alpha value is -16.5. The lowest BCUT2D eigenvalue weighted by atomic mass is 10.1. The highest BCUT2D eigenvalue weighted by atomic mass is 79.9. The molecule has 0 N–H and O–H groups in total. The minimum absolute atomic E-state index is 0. The fourth-order valence-electron chi connectivity index (χ4n) is 16.4. The second-order valence-electron chi connectivity index (χ2n) is 32.6. The van der Waals surface area contributed by atoms with E-state index in [-0.39, 0.29) is 145 Å². The molecule has 10 aromatic heterocycles. The van der Waals surface area contributed by atoms with Crippen LogP contribution >= 0.6 is 50.7 Å². The molecule has 0 saturated carbocycles. The van der Waals surface area contributed by atoms with Crippen LogP contribution in [0.2, 0.25) is 15.5 Å². The summed E-state index contributed by atoms with van der Waals surface area (Å²) in [7, 11) is 6.46.